The van der Waals surface area contributed by atoms with E-state index in [9.17, 15) is 0 Å². The third kappa shape index (κ3) is 1.66. The monoisotopic (exact) mass is 313 g/mol. The maximum atomic E-state index is 6.19. The molecule has 5 aromatic rings. The molecule has 5 rings (SSSR count). The van der Waals surface area contributed by atoms with Crippen molar-refractivity contribution in [2.45, 2.75) is 19.8 Å². The van der Waals surface area contributed by atoms with Gasteiger partial charge < -0.3 is 8.98 Å². The number of fused-ring (bicyclic) bond motifs is 7. The van der Waals surface area contributed by atoms with E-state index >= 15 is 0 Å². The van der Waals surface area contributed by atoms with Crippen molar-refractivity contribution in [1.29, 1.82) is 0 Å². The van der Waals surface area contributed by atoms with Crippen LogP contribution in [0.3, 0.4) is 0 Å². The lowest BCUT2D eigenvalue weighted by Gasteiger charge is -2.04. The molecule has 0 unspecified atom stereocenters. The molecule has 118 valence electrons. The molecule has 2 heterocycles. The van der Waals surface area contributed by atoms with Crippen LogP contribution >= 0.6 is 0 Å². The van der Waals surface area contributed by atoms with Gasteiger partial charge in [0.2, 0.25) is 0 Å². The minimum Gasteiger partial charge on any atom is -0.456 e. The highest BCUT2D eigenvalue weighted by Gasteiger charge is 2.16. The zero-order chi connectivity index (χ0) is 16.4. The number of aromatic nitrogens is 1. The summed E-state index contributed by atoms with van der Waals surface area (Å²) in [6.45, 7) is 4.43. The molecule has 2 heteroatoms. The third-order valence-corrected chi connectivity index (χ3v) is 5.19. The SMILES string of the molecule is CC(C)c1ccc2c(c1)oc1ccc3c4ccccc4n(C)c3c12. The van der Waals surface area contributed by atoms with E-state index in [-0.39, 0.29) is 0 Å². The van der Waals surface area contributed by atoms with Crippen molar-refractivity contribution >= 4 is 43.7 Å². The summed E-state index contributed by atoms with van der Waals surface area (Å²) in [5, 5.41) is 5.00. The highest BCUT2D eigenvalue weighted by atomic mass is 16.3. The molecule has 0 aliphatic carbocycles. The quantitative estimate of drug-likeness (QED) is 0.352. The lowest BCUT2D eigenvalue weighted by atomic mass is 10.0. The first-order valence-corrected chi connectivity index (χ1v) is 8.47. The van der Waals surface area contributed by atoms with Crippen molar-refractivity contribution < 1.29 is 4.42 Å². The van der Waals surface area contributed by atoms with E-state index in [1.54, 1.807) is 0 Å². The molecule has 0 spiro atoms. The van der Waals surface area contributed by atoms with Crippen LogP contribution in [-0.4, -0.2) is 4.57 Å². The van der Waals surface area contributed by atoms with Crippen LogP contribution in [-0.2, 0) is 7.05 Å². The van der Waals surface area contributed by atoms with E-state index in [4.69, 9.17) is 4.42 Å². The lowest BCUT2D eigenvalue weighted by Crippen LogP contribution is -1.87. The average Bonchev–Trinajstić information content (AvgIpc) is 3.10. The standard InChI is InChI=1S/C22H19NO/c1-13(2)14-8-9-17-20(12-14)24-19-11-10-16-15-6-4-5-7-18(15)23(3)22(16)21(17)19/h4-13H,1-3H3. The van der Waals surface area contributed by atoms with Crippen LogP contribution in [0.4, 0.5) is 0 Å². The molecule has 0 saturated carbocycles. The van der Waals surface area contributed by atoms with E-state index in [0.29, 0.717) is 5.92 Å². The number of furan rings is 1. The lowest BCUT2D eigenvalue weighted by molar-refractivity contribution is 0.667. The summed E-state index contributed by atoms with van der Waals surface area (Å²) in [6, 6.07) is 19.5. The second-order valence-electron chi connectivity index (χ2n) is 6.92. The van der Waals surface area contributed by atoms with Crippen LogP contribution in [0.25, 0.3) is 43.7 Å². The van der Waals surface area contributed by atoms with E-state index in [0.717, 1.165) is 11.2 Å². The topological polar surface area (TPSA) is 18.1 Å². The Bertz CT molecular complexity index is 1240. The van der Waals surface area contributed by atoms with Gasteiger partial charge in [0.1, 0.15) is 11.2 Å². The smallest absolute Gasteiger partial charge is 0.137 e. The Labute approximate surface area is 140 Å². The number of benzene rings is 3. The van der Waals surface area contributed by atoms with Crippen LogP contribution in [0.15, 0.2) is 59.0 Å². The van der Waals surface area contributed by atoms with Gasteiger partial charge in [-0.2, -0.15) is 0 Å². The van der Waals surface area contributed by atoms with Gasteiger partial charge in [-0.15, -0.1) is 0 Å². The van der Waals surface area contributed by atoms with Crippen molar-refractivity contribution in [3.8, 4) is 0 Å². The van der Waals surface area contributed by atoms with Gasteiger partial charge in [0.15, 0.2) is 0 Å². The van der Waals surface area contributed by atoms with E-state index in [1.165, 1.54) is 38.1 Å². The van der Waals surface area contributed by atoms with Gasteiger partial charge in [-0.3, -0.25) is 0 Å². The van der Waals surface area contributed by atoms with Gasteiger partial charge in [-0.25, -0.2) is 0 Å². The Balaban J connectivity index is 2.01. The highest BCUT2D eigenvalue weighted by molar-refractivity contribution is 6.23. The van der Waals surface area contributed by atoms with Gasteiger partial charge in [0.05, 0.1) is 10.9 Å². The average molecular weight is 313 g/mol. The van der Waals surface area contributed by atoms with Crippen molar-refractivity contribution in [2.24, 2.45) is 7.05 Å². The van der Waals surface area contributed by atoms with E-state index in [1.807, 2.05) is 0 Å². The molecular formula is C22H19NO. The van der Waals surface area contributed by atoms with Gasteiger partial charge in [0.25, 0.3) is 0 Å². The normalized spacial score (nSPS) is 12.3. The number of nitrogens with zero attached hydrogens (tertiary/aromatic N) is 1. The molecule has 3 aromatic carbocycles. The Morgan fingerprint density at radius 2 is 1.62 bits per heavy atom. The van der Waals surface area contributed by atoms with Crippen molar-refractivity contribution in [1.82, 2.24) is 4.57 Å². The Morgan fingerprint density at radius 3 is 2.46 bits per heavy atom. The van der Waals surface area contributed by atoms with E-state index in [2.05, 4.69) is 80.1 Å². The van der Waals surface area contributed by atoms with Crippen molar-refractivity contribution in [2.75, 3.05) is 0 Å². The zero-order valence-corrected chi connectivity index (χ0v) is 14.1. The summed E-state index contributed by atoms with van der Waals surface area (Å²) >= 11 is 0. The predicted molar refractivity (Wildman–Crippen MR) is 102 cm³/mol. The van der Waals surface area contributed by atoms with Crippen LogP contribution in [0.5, 0.6) is 0 Å². The number of aryl methyl sites for hydroxylation is 1. The second-order valence-corrected chi connectivity index (χ2v) is 6.92. The summed E-state index contributed by atoms with van der Waals surface area (Å²) in [5.41, 5.74) is 5.77. The predicted octanol–water partition coefficient (Wildman–Crippen LogP) is 6.35. The molecule has 0 aliphatic heterocycles. The van der Waals surface area contributed by atoms with Crippen LogP contribution in [0, 0.1) is 0 Å². The van der Waals surface area contributed by atoms with Gasteiger partial charge in [-0.1, -0.05) is 44.2 Å². The third-order valence-electron chi connectivity index (χ3n) is 5.19. The summed E-state index contributed by atoms with van der Waals surface area (Å²) in [5.74, 6) is 0.500. The molecule has 0 N–H and O–H groups in total. The Morgan fingerprint density at radius 1 is 0.833 bits per heavy atom. The fraction of sp³-hybridized carbons (Fsp3) is 0.182. The maximum absolute atomic E-state index is 6.19. The highest BCUT2D eigenvalue weighted by Crippen LogP contribution is 2.39. The summed E-state index contributed by atoms with van der Waals surface area (Å²) in [7, 11) is 2.14. The fourth-order valence-corrected chi connectivity index (χ4v) is 3.91. The number of hydrogen-bond donors (Lipinski definition) is 0. The second kappa shape index (κ2) is 4.64. The number of hydrogen-bond acceptors (Lipinski definition) is 1. The van der Waals surface area contributed by atoms with Crippen LogP contribution < -0.4 is 0 Å². The first-order valence-electron chi connectivity index (χ1n) is 8.47. The molecule has 2 nitrogen and oxygen atoms in total. The first kappa shape index (κ1) is 13.7. The summed E-state index contributed by atoms with van der Waals surface area (Å²) in [6.07, 6.45) is 0. The molecule has 0 bridgehead atoms. The molecule has 0 atom stereocenters. The summed E-state index contributed by atoms with van der Waals surface area (Å²) in [4.78, 5) is 0. The van der Waals surface area contributed by atoms with Gasteiger partial charge in [-0.05, 0) is 35.7 Å². The minimum absolute atomic E-state index is 0.500. The van der Waals surface area contributed by atoms with Crippen molar-refractivity contribution in [3.05, 3.63) is 60.2 Å². The molecule has 0 aliphatic rings. The molecule has 0 amide bonds. The minimum atomic E-state index is 0.500. The van der Waals surface area contributed by atoms with E-state index < -0.39 is 0 Å². The Kier molecular flexibility index (Phi) is 2.64. The largest absolute Gasteiger partial charge is 0.456 e. The molecule has 0 saturated heterocycles. The fourth-order valence-electron chi connectivity index (χ4n) is 3.91. The van der Waals surface area contributed by atoms with Gasteiger partial charge >= 0.3 is 0 Å². The molecule has 2 aromatic heterocycles. The maximum Gasteiger partial charge on any atom is 0.137 e. The summed E-state index contributed by atoms with van der Waals surface area (Å²) < 4.78 is 8.48. The number of para-hydroxylation sites is 1. The molecule has 0 fully saturated rings. The molecule has 0 radical (unpaired) electrons. The molecule has 24 heavy (non-hydrogen) atoms. The Hall–Kier alpha value is -2.74. The zero-order valence-electron chi connectivity index (χ0n) is 14.1. The van der Waals surface area contributed by atoms with Crippen molar-refractivity contribution in [3.63, 3.8) is 0 Å². The number of rotatable bonds is 1. The van der Waals surface area contributed by atoms with Crippen LogP contribution in [0.1, 0.15) is 25.3 Å². The molecular weight excluding hydrogens is 294 g/mol. The van der Waals surface area contributed by atoms with Gasteiger partial charge in [0, 0.05) is 28.7 Å². The first-order chi connectivity index (χ1) is 11.6. The van der Waals surface area contributed by atoms with Crippen LogP contribution in [0.2, 0.25) is 0 Å².